The number of fused-ring (bicyclic) bond motifs is 1. The van der Waals surface area contributed by atoms with E-state index in [4.69, 9.17) is 16.3 Å². The smallest absolute Gasteiger partial charge is 0.411 e. The Morgan fingerprint density at radius 3 is 2.58 bits per heavy atom. The van der Waals surface area contributed by atoms with Crippen LogP contribution >= 0.6 is 11.6 Å². The lowest BCUT2D eigenvalue weighted by molar-refractivity contribution is -0.254. The fourth-order valence-corrected chi connectivity index (χ4v) is 6.10. The number of nitrogens with zero attached hydrogens (tertiary/aromatic N) is 5. The minimum atomic E-state index is -4.99. The number of amides is 1. The first-order chi connectivity index (χ1) is 18.6. The topological polar surface area (TPSA) is 169 Å². The Kier molecular flexibility index (Phi) is 7.57. The number of carbonyl (C=O) groups excluding carboxylic acids is 1. The van der Waals surface area contributed by atoms with E-state index in [-0.39, 0.29) is 45.8 Å². The summed E-state index contributed by atoms with van der Waals surface area (Å²) < 4.78 is 77.2. The molecule has 1 amide bonds. The number of halogens is 4. The van der Waals surface area contributed by atoms with Gasteiger partial charge in [0.15, 0.2) is 5.15 Å². The van der Waals surface area contributed by atoms with Crippen molar-refractivity contribution in [1.82, 2.24) is 25.0 Å². The molecular formula is C22H24ClF3N7O6S-. The number of ether oxygens (including phenoxy) is 1. The number of carboxylic acid groups (broad SMARTS) is 1. The molecule has 218 valence electrons. The number of aromatic nitrogens is 5. The number of H-pyrrole nitrogens is 2. The number of hydrogen-bond donors (Lipinski definition) is 2. The summed E-state index contributed by atoms with van der Waals surface area (Å²) >= 11 is 6.13. The predicted octanol–water partition coefficient (Wildman–Crippen LogP) is 2.05. The zero-order valence-electron chi connectivity index (χ0n) is 21.3. The van der Waals surface area contributed by atoms with Crippen LogP contribution in [0.5, 0.6) is 5.75 Å². The van der Waals surface area contributed by atoms with Gasteiger partial charge in [-0.3, -0.25) is 14.0 Å². The van der Waals surface area contributed by atoms with Crippen molar-refractivity contribution in [2.45, 2.75) is 62.9 Å². The molecule has 13 nitrogen and oxygen atoms in total. The molecule has 4 rings (SSSR count). The Morgan fingerprint density at radius 2 is 2.02 bits per heavy atom. The van der Waals surface area contributed by atoms with Crippen molar-refractivity contribution in [3.8, 4) is 5.75 Å². The zero-order chi connectivity index (χ0) is 29.6. The molecule has 0 bridgehead atoms. The van der Waals surface area contributed by atoms with Gasteiger partial charge in [-0.25, -0.2) is 18.3 Å². The van der Waals surface area contributed by atoms with Crippen LogP contribution < -0.4 is 24.7 Å². The summed E-state index contributed by atoms with van der Waals surface area (Å²) in [5.41, 5.74) is -4.16. The second-order valence-corrected chi connectivity index (χ2v) is 11.6. The van der Waals surface area contributed by atoms with Crippen molar-refractivity contribution in [3.05, 3.63) is 45.9 Å². The fraction of sp³-hybridized carbons (Fsp3) is 0.455. The number of sulfonamides is 1. The first-order valence-electron chi connectivity index (χ1n) is 11.8. The van der Waals surface area contributed by atoms with E-state index in [0.29, 0.717) is 26.2 Å². The summed E-state index contributed by atoms with van der Waals surface area (Å²) in [6.45, 7) is 3.00. The number of alkyl halides is 3. The molecule has 0 aliphatic carbocycles. The van der Waals surface area contributed by atoms with E-state index in [1.807, 2.05) is 0 Å². The Bertz CT molecular complexity index is 1580. The number of rotatable bonds is 8. The highest BCUT2D eigenvalue weighted by Gasteiger charge is 2.52. The monoisotopic (exact) mass is 606 g/mol. The number of carbonyl (C=O) groups is 1. The van der Waals surface area contributed by atoms with E-state index in [2.05, 4.69) is 20.3 Å². The van der Waals surface area contributed by atoms with Gasteiger partial charge in [0, 0.05) is 24.8 Å². The van der Waals surface area contributed by atoms with Crippen LogP contribution in [0.25, 0.3) is 0 Å². The second kappa shape index (κ2) is 10.3. The molecule has 1 aliphatic rings. The van der Waals surface area contributed by atoms with Crippen molar-refractivity contribution in [1.29, 1.82) is 0 Å². The molecule has 3 aromatic rings. The lowest BCUT2D eigenvalue weighted by atomic mass is 10.0. The van der Waals surface area contributed by atoms with Crippen molar-refractivity contribution in [2.75, 3.05) is 15.7 Å². The summed E-state index contributed by atoms with van der Waals surface area (Å²) in [6, 6.07) is 3.20. The first kappa shape index (κ1) is 29.3. The zero-order valence-corrected chi connectivity index (χ0v) is 22.9. The van der Waals surface area contributed by atoms with E-state index >= 15 is 0 Å². The van der Waals surface area contributed by atoms with Crippen LogP contribution in [-0.2, 0) is 23.0 Å². The molecule has 0 spiro atoms. The van der Waals surface area contributed by atoms with Crippen molar-refractivity contribution < 1.29 is 36.2 Å². The molecule has 0 saturated heterocycles. The maximum atomic E-state index is 13.8. The average molecular weight is 607 g/mol. The molecule has 0 unspecified atom stereocenters. The number of anilines is 2. The molecule has 1 aromatic carbocycles. The Balaban J connectivity index is 1.81. The van der Waals surface area contributed by atoms with Gasteiger partial charge in [0.25, 0.3) is 10.0 Å². The SMILES string of the molecule is CCn1cc(S(=O)(=O)N2C[C@H](CCc3n[nH]c(=O)[nH]3)Oc3ccc(N(C(=O)[O-])C(C)(C)C(F)(F)F)cc32)c(Cl)n1. The fourth-order valence-electron chi connectivity index (χ4n) is 4.16. The number of hydrogen-bond acceptors (Lipinski definition) is 8. The van der Waals surface area contributed by atoms with Gasteiger partial charge in [-0.05, 0) is 45.4 Å². The second-order valence-electron chi connectivity index (χ2n) is 9.39. The van der Waals surface area contributed by atoms with Crippen molar-refractivity contribution in [3.63, 3.8) is 0 Å². The molecule has 1 atom stereocenters. The van der Waals surface area contributed by atoms with E-state index in [1.165, 1.54) is 16.9 Å². The molecule has 3 heterocycles. The maximum absolute atomic E-state index is 13.8. The molecule has 2 aromatic heterocycles. The highest BCUT2D eigenvalue weighted by atomic mass is 35.5. The standard InChI is InChI=1S/C22H25ClF3N7O6S/c1-4-31-11-16(18(23)30-31)40(37,38)32-10-13(6-8-17-27-19(34)29-28-17)39-15-7-5-12(9-14(15)32)33(20(35)36)21(2,3)22(24,25)26/h5,7,9,11,13H,4,6,8,10H2,1-3H3,(H,35,36)(H2,27,28,29,34)/p-1/t13-/m0/s1. The maximum Gasteiger partial charge on any atom is 0.411 e. The van der Waals surface area contributed by atoms with Gasteiger partial charge in [-0.1, -0.05) is 11.6 Å². The highest BCUT2D eigenvalue weighted by Crippen LogP contribution is 2.44. The summed E-state index contributed by atoms with van der Waals surface area (Å²) in [5.74, 6) is 0.261. The van der Waals surface area contributed by atoms with E-state index in [0.717, 1.165) is 16.4 Å². The van der Waals surface area contributed by atoms with Crippen LogP contribution in [0.3, 0.4) is 0 Å². The van der Waals surface area contributed by atoms with E-state index in [1.54, 1.807) is 6.92 Å². The molecule has 0 fully saturated rings. The van der Waals surface area contributed by atoms with Crippen LogP contribution in [-0.4, -0.2) is 63.8 Å². The van der Waals surface area contributed by atoms with Crippen LogP contribution in [0.2, 0.25) is 5.15 Å². The number of nitrogens with one attached hydrogen (secondary N) is 2. The normalized spacial score (nSPS) is 16.0. The molecule has 18 heteroatoms. The van der Waals surface area contributed by atoms with Gasteiger partial charge in [0.05, 0.1) is 12.2 Å². The molecule has 0 radical (unpaired) electrons. The summed E-state index contributed by atoms with van der Waals surface area (Å²) in [4.78, 5) is 25.4. The third-order valence-corrected chi connectivity index (χ3v) is 8.57. The molecular weight excluding hydrogens is 583 g/mol. The Morgan fingerprint density at radius 1 is 1.32 bits per heavy atom. The quantitative estimate of drug-likeness (QED) is 0.392. The van der Waals surface area contributed by atoms with Crippen LogP contribution in [0, 0.1) is 0 Å². The average Bonchev–Trinajstić information content (AvgIpc) is 3.46. The molecule has 0 saturated carbocycles. The third kappa shape index (κ3) is 5.34. The van der Waals surface area contributed by atoms with Gasteiger partial charge in [0.2, 0.25) is 0 Å². The number of aromatic amines is 2. The minimum absolute atomic E-state index is 0.000175. The van der Waals surface area contributed by atoms with Crippen LogP contribution in [0.4, 0.5) is 29.3 Å². The summed E-state index contributed by atoms with van der Waals surface area (Å²) in [7, 11) is -4.48. The summed E-state index contributed by atoms with van der Waals surface area (Å²) in [5, 5.41) is 21.6. The minimum Gasteiger partial charge on any atom is -0.530 e. The number of benzene rings is 1. The first-order valence-corrected chi connectivity index (χ1v) is 13.7. The molecule has 2 N–H and O–H groups in total. The predicted molar refractivity (Wildman–Crippen MR) is 134 cm³/mol. The Hall–Kier alpha value is -3.73. The summed E-state index contributed by atoms with van der Waals surface area (Å²) in [6.07, 6.45) is -6.35. The highest BCUT2D eigenvalue weighted by molar-refractivity contribution is 7.93. The largest absolute Gasteiger partial charge is 0.530 e. The van der Waals surface area contributed by atoms with Gasteiger partial charge in [0.1, 0.15) is 34.2 Å². The lowest BCUT2D eigenvalue weighted by Crippen LogP contribution is -2.60. The van der Waals surface area contributed by atoms with Gasteiger partial charge in [-0.2, -0.15) is 23.4 Å². The van der Waals surface area contributed by atoms with Gasteiger partial charge >= 0.3 is 11.9 Å². The van der Waals surface area contributed by atoms with Crippen LogP contribution in [0.15, 0.2) is 34.1 Å². The Labute approximate surface area is 230 Å². The van der Waals surface area contributed by atoms with Gasteiger partial charge in [-0.15, -0.1) is 0 Å². The van der Waals surface area contributed by atoms with E-state index in [9.17, 15) is 36.3 Å². The van der Waals surface area contributed by atoms with Crippen LogP contribution in [0.1, 0.15) is 33.0 Å². The number of aryl methyl sites for hydroxylation is 2. The van der Waals surface area contributed by atoms with E-state index < -0.39 is 45.3 Å². The third-order valence-electron chi connectivity index (χ3n) is 6.40. The van der Waals surface area contributed by atoms with Gasteiger partial charge < -0.3 is 19.5 Å². The van der Waals surface area contributed by atoms with Crippen molar-refractivity contribution >= 4 is 39.1 Å². The van der Waals surface area contributed by atoms with Crippen molar-refractivity contribution in [2.24, 2.45) is 0 Å². The molecule has 40 heavy (non-hydrogen) atoms. The lowest BCUT2D eigenvalue weighted by Gasteiger charge is -2.42. The molecule has 1 aliphatic heterocycles.